The predicted molar refractivity (Wildman–Crippen MR) is 128 cm³/mol. The minimum atomic E-state index is -1.09. The van der Waals surface area contributed by atoms with Gasteiger partial charge in [0.15, 0.2) is 0 Å². The first-order chi connectivity index (χ1) is 16.4. The van der Waals surface area contributed by atoms with E-state index in [1.165, 1.54) is 20.3 Å². The van der Waals surface area contributed by atoms with E-state index in [0.717, 1.165) is 5.56 Å². The number of rotatable bonds is 10. The molecule has 3 amide bonds. The second kappa shape index (κ2) is 11.9. The summed E-state index contributed by atoms with van der Waals surface area (Å²) in [5.41, 5.74) is 2.28. The number of hydrogen-bond acceptors (Lipinski definition) is 6. The minimum Gasteiger partial charge on any atom is -0.391 e. The number of fused-ring (bicyclic) bond motifs is 1. The van der Waals surface area contributed by atoms with Crippen molar-refractivity contribution in [2.45, 2.75) is 31.4 Å². The number of aliphatic hydroxyl groups excluding tert-OH is 1. The second-order valence-corrected chi connectivity index (χ2v) is 8.01. The molecular weight excluding hydrogens is 434 g/mol. The van der Waals surface area contributed by atoms with Crippen LogP contribution in [0.1, 0.15) is 28.9 Å². The zero-order chi connectivity index (χ0) is 24.5. The highest BCUT2D eigenvalue weighted by molar-refractivity contribution is 5.94. The van der Waals surface area contributed by atoms with Gasteiger partial charge in [-0.05, 0) is 30.5 Å². The van der Waals surface area contributed by atoms with Crippen molar-refractivity contribution in [3.8, 4) is 0 Å². The average Bonchev–Trinajstić information content (AvgIpc) is 2.87. The summed E-state index contributed by atoms with van der Waals surface area (Å²) in [6.07, 6.45) is 0.547. The maximum Gasteiger partial charge on any atom is 0.271 e. The van der Waals surface area contributed by atoms with Crippen LogP contribution in [0.15, 0.2) is 60.8 Å². The predicted octanol–water partition coefficient (Wildman–Crippen LogP) is 1.22. The van der Waals surface area contributed by atoms with E-state index in [1.54, 1.807) is 12.1 Å². The molecule has 0 aliphatic carbocycles. The Bertz CT molecular complexity index is 1140. The number of carbonyl (C=O) groups is 3. The lowest BCUT2D eigenvalue weighted by molar-refractivity contribution is -0.130. The molecule has 0 fully saturated rings. The van der Waals surface area contributed by atoms with Crippen molar-refractivity contribution in [3.63, 3.8) is 0 Å². The average molecular weight is 464 g/mol. The van der Waals surface area contributed by atoms with Gasteiger partial charge in [0.05, 0.1) is 29.4 Å². The first-order valence-electron chi connectivity index (χ1n) is 11.1. The van der Waals surface area contributed by atoms with Crippen molar-refractivity contribution in [2.75, 3.05) is 14.1 Å². The quantitative estimate of drug-likeness (QED) is 0.357. The summed E-state index contributed by atoms with van der Waals surface area (Å²) in [4.78, 5) is 45.9. The van der Waals surface area contributed by atoms with Crippen molar-refractivity contribution in [1.29, 1.82) is 0 Å². The summed E-state index contributed by atoms with van der Waals surface area (Å²) in [6, 6.07) is 15.9. The Hall–Kier alpha value is -3.85. The first-order valence-corrected chi connectivity index (χ1v) is 11.1. The Morgan fingerprint density at radius 1 is 0.941 bits per heavy atom. The molecule has 3 aromatic rings. The van der Waals surface area contributed by atoms with Crippen molar-refractivity contribution in [3.05, 3.63) is 72.1 Å². The molecule has 0 bridgehead atoms. The highest BCUT2D eigenvalue weighted by atomic mass is 16.3. The van der Waals surface area contributed by atoms with Gasteiger partial charge in [0.1, 0.15) is 5.69 Å². The number of hydrogen-bond donors (Lipinski definition) is 4. The van der Waals surface area contributed by atoms with Gasteiger partial charge >= 0.3 is 0 Å². The number of nitrogens with zero attached hydrogens (tertiary/aromatic N) is 2. The SMILES string of the molecule is CNC(=O)CC(C[C@H](O)[C@H](Cc1ccccc1)NC(=O)c1cnc2ccccc2n1)C(=O)NC. The van der Waals surface area contributed by atoms with E-state index in [9.17, 15) is 19.5 Å². The largest absolute Gasteiger partial charge is 0.391 e. The van der Waals surface area contributed by atoms with Gasteiger partial charge in [0.2, 0.25) is 11.8 Å². The van der Waals surface area contributed by atoms with Crippen LogP contribution < -0.4 is 16.0 Å². The van der Waals surface area contributed by atoms with Crippen LogP contribution in [0.5, 0.6) is 0 Å². The number of aromatic nitrogens is 2. The number of amides is 3. The van der Waals surface area contributed by atoms with Gasteiger partial charge in [0.25, 0.3) is 5.91 Å². The highest BCUT2D eigenvalue weighted by Gasteiger charge is 2.30. The zero-order valence-corrected chi connectivity index (χ0v) is 19.2. The van der Waals surface area contributed by atoms with Gasteiger partial charge in [-0.25, -0.2) is 4.98 Å². The third-order valence-electron chi connectivity index (χ3n) is 5.61. The fraction of sp³-hybridized carbons (Fsp3) is 0.320. The molecule has 0 saturated carbocycles. The van der Waals surface area contributed by atoms with Crippen LogP contribution in [0.2, 0.25) is 0 Å². The Balaban J connectivity index is 1.82. The van der Waals surface area contributed by atoms with Crippen molar-refractivity contribution < 1.29 is 19.5 Å². The maximum atomic E-state index is 13.0. The van der Waals surface area contributed by atoms with E-state index >= 15 is 0 Å². The van der Waals surface area contributed by atoms with Gasteiger partial charge < -0.3 is 21.1 Å². The third-order valence-corrected chi connectivity index (χ3v) is 5.61. The molecule has 1 aromatic heterocycles. The van der Waals surface area contributed by atoms with Crippen LogP contribution in [-0.4, -0.2) is 59.0 Å². The lowest BCUT2D eigenvalue weighted by Crippen LogP contribution is -2.47. The zero-order valence-electron chi connectivity index (χ0n) is 19.2. The van der Waals surface area contributed by atoms with Gasteiger partial charge in [-0.15, -0.1) is 0 Å². The number of aliphatic hydroxyl groups is 1. The molecule has 0 saturated heterocycles. The van der Waals surface area contributed by atoms with Crippen molar-refractivity contribution in [2.24, 2.45) is 5.92 Å². The van der Waals surface area contributed by atoms with Crippen LogP contribution in [0.25, 0.3) is 11.0 Å². The van der Waals surface area contributed by atoms with Gasteiger partial charge in [-0.1, -0.05) is 42.5 Å². The normalized spacial score (nSPS) is 13.5. The topological polar surface area (TPSA) is 133 Å². The molecule has 3 rings (SSSR count). The van der Waals surface area contributed by atoms with E-state index in [-0.39, 0.29) is 30.3 Å². The molecule has 1 heterocycles. The molecule has 9 nitrogen and oxygen atoms in total. The minimum absolute atomic E-state index is 0.00568. The van der Waals surface area contributed by atoms with Crippen LogP contribution >= 0.6 is 0 Å². The summed E-state index contributed by atoms with van der Waals surface area (Å²) >= 11 is 0. The van der Waals surface area contributed by atoms with E-state index in [2.05, 4.69) is 25.9 Å². The number of para-hydroxylation sites is 2. The molecule has 0 aliphatic rings. The number of nitrogens with one attached hydrogen (secondary N) is 3. The smallest absolute Gasteiger partial charge is 0.271 e. The molecule has 4 N–H and O–H groups in total. The van der Waals surface area contributed by atoms with Crippen LogP contribution in [0, 0.1) is 5.92 Å². The molecular formula is C25H29N5O4. The summed E-state index contributed by atoms with van der Waals surface area (Å²) < 4.78 is 0. The second-order valence-electron chi connectivity index (χ2n) is 8.01. The van der Waals surface area contributed by atoms with Gasteiger partial charge in [-0.3, -0.25) is 19.4 Å². The number of carbonyl (C=O) groups excluding carboxylic acids is 3. The summed E-state index contributed by atoms with van der Waals surface area (Å²) in [7, 11) is 2.97. The van der Waals surface area contributed by atoms with Crippen LogP contribution in [0.3, 0.4) is 0 Å². The molecule has 178 valence electrons. The lowest BCUT2D eigenvalue weighted by Gasteiger charge is -2.27. The molecule has 0 radical (unpaired) electrons. The fourth-order valence-electron chi connectivity index (χ4n) is 3.73. The fourth-order valence-corrected chi connectivity index (χ4v) is 3.73. The monoisotopic (exact) mass is 463 g/mol. The Labute approximate surface area is 198 Å². The van der Waals surface area contributed by atoms with E-state index in [0.29, 0.717) is 17.5 Å². The van der Waals surface area contributed by atoms with Gasteiger partial charge in [-0.2, -0.15) is 0 Å². The molecule has 0 spiro atoms. The van der Waals surface area contributed by atoms with E-state index in [4.69, 9.17) is 0 Å². The molecule has 1 unspecified atom stereocenters. The standard InChI is InChI=1S/C25H29N5O4/c1-26-23(32)14-17(24(33)27-2)13-22(31)20(12-16-8-4-3-5-9-16)30-25(34)21-15-28-18-10-6-7-11-19(18)29-21/h3-11,15,17,20,22,31H,12-14H2,1-2H3,(H,26,32)(H,27,33)(H,30,34)/t17?,20-,22-/m0/s1. The Kier molecular flexibility index (Phi) is 8.64. The Morgan fingerprint density at radius 3 is 2.29 bits per heavy atom. The van der Waals surface area contributed by atoms with Crippen molar-refractivity contribution >= 4 is 28.8 Å². The van der Waals surface area contributed by atoms with Gasteiger partial charge in [0, 0.05) is 26.4 Å². The highest BCUT2D eigenvalue weighted by Crippen LogP contribution is 2.18. The third kappa shape index (κ3) is 6.58. The van der Waals surface area contributed by atoms with Crippen molar-refractivity contribution in [1.82, 2.24) is 25.9 Å². The molecule has 9 heteroatoms. The van der Waals surface area contributed by atoms with E-state index < -0.39 is 24.0 Å². The molecule has 0 aliphatic heterocycles. The molecule has 3 atom stereocenters. The molecule has 34 heavy (non-hydrogen) atoms. The summed E-state index contributed by atoms with van der Waals surface area (Å²) in [5, 5.41) is 19.0. The lowest BCUT2D eigenvalue weighted by atomic mass is 9.90. The molecule has 2 aromatic carbocycles. The maximum absolute atomic E-state index is 13.0. The first kappa shape index (κ1) is 24.8. The number of benzene rings is 2. The summed E-state index contributed by atoms with van der Waals surface area (Å²) in [6.45, 7) is 0. The van der Waals surface area contributed by atoms with Crippen LogP contribution in [0.4, 0.5) is 0 Å². The Morgan fingerprint density at radius 2 is 1.62 bits per heavy atom. The summed E-state index contributed by atoms with van der Waals surface area (Å²) in [5.74, 6) is -1.90. The van der Waals surface area contributed by atoms with E-state index in [1.807, 2.05) is 42.5 Å². The van der Waals surface area contributed by atoms with Crippen LogP contribution in [-0.2, 0) is 16.0 Å².